The monoisotopic (exact) mass is 535 g/mol. The van der Waals surface area contributed by atoms with E-state index in [1.54, 1.807) is 56.5 Å². The molecule has 0 spiro atoms. The zero-order chi connectivity index (χ0) is 27.1. The number of anilines is 1. The van der Waals surface area contributed by atoms with E-state index in [-0.39, 0.29) is 31.2 Å². The van der Waals surface area contributed by atoms with Gasteiger partial charge in [-0.2, -0.15) is 0 Å². The van der Waals surface area contributed by atoms with Gasteiger partial charge >= 0.3 is 5.97 Å². The van der Waals surface area contributed by atoms with Gasteiger partial charge in [0.25, 0.3) is 0 Å². The summed E-state index contributed by atoms with van der Waals surface area (Å²) in [5.41, 5.74) is 1.75. The molecule has 8 nitrogen and oxygen atoms in total. The van der Waals surface area contributed by atoms with E-state index in [9.17, 15) is 18.8 Å². The summed E-state index contributed by atoms with van der Waals surface area (Å²) in [6.45, 7) is 2.22. The molecule has 1 heterocycles. The third-order valence-electron chi connectivity index (χ3n) is 5.67. The Morgan fingerprint density at radius 2 is 1.79 bits per heavy atom. The molecule has 10 heteroatoms. The van der Waals surface area contributed by atoms with Crippen molar-refractivity contribution >= 4 is 46.1 Å². The summed E-state index contributed by atoms with van der Waals surface area (Å²) >= 11 is 1.12. The first kappa shape index (κ1) is 26.9. The number of carbonyl (C=O) groups excluding carboxylic acids is 3. The van der Waals surface area contributed by atoms with E-state index in [1.165, 1.54) is 23.1 Å². The van der Waals surface area contributed by atoms with Crippen molar-refractivity contribution in [3.8, 4) is 5.75 Å². The van der Waals surface area contributed by atoms with Gasteiger partial charge < -0.3 is 14.8 Å². The van der Waals surface area contributed by atoms with Crippen molar-refractivity contribution in [2.24, 2.45) is 4.99 Å². The van der Waals surface area contributed by atoms with E-state index in [2.05, 4.69) is 10.3 Å². The van der Waals surface area contributed by atoms with Crippen LogP contribution in [-0.4, -0.2) is 46.8 Å². The van der Waals surface area contributed by atoms with Crippen molar-refractivity contribution < 1.29 is 28.2 Å². The number of hydrogen-bond donors (Lipinski definition) is 1. The lowest BCUT2D eigenvalue weighted by Crippen LogP contribution is -2.44. The second-order valence-corrected chi connectivity index (χ2v) is 9.44. The fraction of sp³-hybridized carbons (Fsp3) is 0.214. The maximum atomic E-state index is 14.1. The van der Waals surface area contributed by atoms with Crippen LogP contribution in [0.4, 0.5) is 15.8 Å². The number of amidine groups is 1. The molecule has 1 aliphatic heterocycles. The van der Waals surface area contributed by atoms with Gasteiger partial charge in [-0.3, -0.25) is 14.5 Å². The van der Waals surface area contributed by atoms with Gasteiger partial charge in [0.15, 0.2) is 5.17 Å². The number of methoxy groups -OCH3 is 1. The molecule has 196 valence electrons. The van der Waals surface area contributed by atoms with Crippen molar-refractivity contribution in [3.05, 3.63) is 89.7 Å². The molecule has 3 aromatic carbocycles. The van der Waals surface area contributed by atoms with Crippen LogP contribution in [0.25, 0.3) is 0 Å². The van der Waals surface area contributed by atoms with Crippen molar-refractivity contribution in [2.45, 2.75) is 25.1 Å². The summed E-state index contributed by atoms with van der Waals surface area (Å²) in [6.07, 6.45) is -0.0814. The highest BCUT2D eigenvalue weighted by atomic mass is 32.2. The number of carbonyl (C=O) groups is 3. The molecule has 3 aromatic rings. The van der Waals surface area contributed by atoms with Crippen molar-refractivity contribution in [3.63, 3.8) is 0 Å². The van der Waals surface area contributed by atoms with Gasteiger partial charge in [-0.15, -0.1) is 0 Å². The summed E-state index contributed by atoms with van der Waals surface area (Å²) in [4.78, 5) is 44.4. The van der Waals surface area contributed by atoms with E-state index in [0.29, 0.717) is 22.2 Å². The molecule has 0 radical (unpaired) electrons. The van der Waals surface area contributed by atoms with Crippen LogP contribution in [0.5, 0.6) is 5.75 Å². The number of rotatable bonds is 8. The second-order valence-electron chi connectivity index (χ2n) is 8.27. The Morgan fingerprint density at radius 3 is 2.45 bits per heavy atom. The number of esters is 1. The van der Waals surface area contributed by atoms with Crippen LogP contribution in [0.2, 0.25) is 0 Å². The Hall–Kier alpha value is -4.18. The topological polar surface area (TPSA) is 97.3 Å². The Labute approximate surface area is 223 Å². The molecule has 4 rings (SSSR count). The van der Waals surface area contributed by atoms with E-state index in [0.717, 1.165) is 17.3 Å². The van der Waals surface area contributed by atoms with E-state index < -0.39 is 22.9 Å². The van der Waals surface area contributed by atoms with Gasteiger partial charge in [0.2, 0.25) is 11.8 Å². The number of ether oxygens (including phenoxy) is 2. The number of nitrogens with zero attached hydrogens (tertiary/aromatic N) is 2. The summed E-state index contributed by atoms with van der Waals surface area (Å²) in [6, 6.07) is 19.6. The molecule has 0 aromatic heterocycles. The van der Waals surface area contributed by atoms with Crippen LogP contribution in [-0.2, 0) is 20.9 Å². The third-order valence-corrected chi connectivity index (χ3v) is 6.85. The van der Waals surface area contributed by atoms with Crippen molar-refractivity contribution in [1.82, 2.24) is 4.90 Å². The zero-order valence-electron chi connectivity index (χ0n) is 20.8. The number of benzene rings is 3. The summed E-state index contributed by atoms with van der Waals surface area (Å²) in [5.74, 6) is -1.11. The molecular weight excluding hydrogens is 509 g/mol. The van der Waals surface area contributed by atoms with Gasteiger partial charge in [-0.05, 0) is 61.0 Å². The molecule has 1 atom stereocenters. The Morgan fingerprint density at radius 1 is 1.08 bits per heavy atom. The lowest BCUT2D eigenvalue weighted by Gasteiger charge is -2.32. The number of hydrogen-bond acceptors (Lipinski definition) is 7. The second kappa shape index (κ2) is 12.4. The van der Waals surface area contributed by atoms with Gasteiger partial charge in [0.05, 0.1) is 37.2 Å². The van der Waals surface area contributed by atoms with Crippen LogP contribution in [0.1, 0.15) is 29.3 Å². The maximum absolute atomic E-state index is 14.1. The highest BCUT2D eigenvalue weighted by Gasteiger charge is 2.36. The molecule has 2 amide bonds. The molecule has 1 fully saturated rings. The largest absolute Gasteiger partial charge is 0.497 e. The number of para-hydroxylation sites is 1. The lowest BCUT2D eigenvalue weighted by molar-refractivity contribution is -0.129. The van der Waals surface area contributed by atoms with Crippen LogP contribution in [0.15, 0.2) is 77.8 Å². The van der Waals surface area contributed by atoms with Crippen LogP contribution in [0, 0.1) is 5.82 Å². The van der Waals surface area contributed by atoms with E-state index in [4.69, 9.17) is 9.47 Å². The average molecular weight is 536 g/mol. The average Bonchev–Trinajstić information content (AvgIpc) is 2.92. The molecule has 1 N–H and O–H groups in total. The smallest absolute Gasteiger partial charge is 0.338 e. The number of amides is 2. The third kappa shape index (κ3) is 6.57. The summed E-state index contributed by atoms with van der Waals surface area (Å²) < 4.78 is 24.3. The number of halogens is 1. The van der Waals surface area contributed by atoms with Crippen molar-refractivity contribution in [2.75, 3.05) is 19.0 Å². The number of nitrogens with one attached hydrogen (secondary N) is 1. The number of aliphatic imine (C=N–C) groups is 1. The maximum Gasteiger partial charge on any atom is 0.338 e. The molecule has 0 bridgehead atoms. The molecule has 0 saturated carbocycles. The fourth-order valence-electron chi connectivity index (χ4n) is 3.68. The summed E-state index contributed by atoms with van der Waals surface area (Å²) in [5, 5.41) is 2.07. The first-order valence-corrected chi connectivity index (χ1v) is 12.8. The standard InChI is InChI=1S/C28H26FN3O5S/c1-3-37-27(35)19-10-12-20(13-11-19)30-28-32(17-18-8-14-21(36-2)15-9-18)25(33)16-24(38-28)26(34)31-23-7-5-4-6-22(23)29/h4-15,24H,3,16-17H2,1-2H3,(H,31,34). The molecular formula is C28H26FN3O5S. The fourth-order valence-corrected chi connectivity index (χ4v) is 4.78. The minimum absolute atomic E-state index is 0.0410. The van der Waals surface area contributed by atoms with Gasteiger partial charge in [-0.1, -0.05) is 36.0 Å². The molecule has 0 aliphatic carbocycles. The molecule has 38 heavy (non-hydrogen) atoms. The van der Waals surface area contributed by atoms with E-state index in [1.807, 2.05) is 12.1 Å². The molecule has 1 unspecified atom stereocenters. The van der Waals surface area contributed by atoms with Gasteiger partial charge in [0, 0.05) is 6.42 Å². The minimum atomic E-state index is -0.813. The first-order chi connectivity index (χ1) is 18.4. The first-order valence-electron chi connectivity index (χ1n) is 11.9. The predicted molar refractivity (Wildman–Crippen MR) is 144 cm³/mol. The van der Waals surface area contributed by atoms with Crippen LogP contribution >= 0.6 is 11.8 Å². The van der Waals surface area contributed by atoms with Gasteiger partial charge in [-0.25, -0.2) is 14.2 Å². The molecule has 1 saturated heterocycles. The normalized spacial score (nSPS) is 16.3. The van der Waals surface area contributed by atoms with E-state index >= 15 is 0 Å². The van der Waals surface area contributed by atoms with Crippen molar-refractivity contribution in [1.29, 1.82) is 0 Å². The lowest BCUT2D eigenvalue weighted by atomic mass is 10.2. The molecule has 1 aliphatic rings. The van der Waals surface area contributed by atoms with Crippen LogP contribution in [0.3, 0.4) is 0 Å². The SMILES string of the molecule is CCOC(=O)c1ccc(N=C2SC(C(=O)Nc3ccccc3F)CC(=O)N2Cc2ccc(OC)cc2)cc1. The zero-order valence-corrected chi connectivity index (χ0v) is 21.7. The summed E-state index contributed by atoms with van der Waals surface area (Å²) in [7, 11) is 1.57. The Bertz CT molecular complexity index is 1350. The quantitative estimate of drug-likeness (QED) is 0.400. The Kier molecular flexibility index (Phi) is 8.75. The number of thioether (sulfide) groups is 1. The van der Waals surface area contributed by atoms with Gasteiger partial charge in [0.1, 0.15) is 16.8 Å². The predicted octanol–water partition coefficient (Wildman–Crippen LogP) is 5.17. The van der Waals surface area contributed by atoms with Crippen LogP contribution < -0.4 is 10.1 Å². The minimum Gasteiger partial charge on any atom is -0.497 e. The highest BCUT2D eigenvalue weighted by Crippen LogP contribution is 2.31. The Balaban J connectivity index is 1.60. The highest BCUT2D eigenvalue weighted by molar-refractivity contribution is 8.15.